The molecule has 18 heavy (non-hydrogen) atoms. The lowest BCUT2D eigenvalue weighted by Gasteiger charge is -2.13. The summed E-state index contributed by atoms with van der Waals surface area (Å²) in [4.78, 5) is 11.2. The highest BCUT2D eigenvalue weighted by molar-refractivity contribution is 9.10. The molecule has 1 saturated carbocycles. The van der Waals surface area contributed by atoms with Crippen molar-refractivity contribution in [3.8, 4) is 5.75 Å². The van der Waals surface area contributed by atoms with E-state index < -0.39 is 0 Å². The third-order valence-electron chi connectivity index (χ3n) is 2.83. The van der Waals surface area contributed by atoms with E-state index in [0.717, 1.165) is 22.3 Å². The van der Waals surface area contributed by atoms with Gasteiger partial charge in [-0.3, -0.25) is 4.79 Å². The van der Waals surface area contributed by atoms with Gasteiger partial charge in [0.2, 0.25) is 0 Å². The third kappa shape index (κ3) is 3.71. The number of carbonyl (C=O) groups is 1. The molecule has 5 heteroatoms. The van der Waals surface area contributed by atoms with Crippen LogP contribution in [0.4, 0.5) is 0 Å². The lowest BCUT2D eigenvalue weighted by atomic mass is 10.2. The first-order valence-corrected chi connectivity index (χ1v) is 6.84. The van der Waals surface area contributed by atoms with Gasteiger partial charge in [0, 0.05) is 25.2 Å². The van der Waals surface area contributed by atoms with E-state index in [2.05, 4.69) is 26.6 Å². The summed E-state index contributed by atoms with van der Waals surface area (Å²) < 4.78 is 6.45. The van der Waals surface area contributed by atoms with Crippen LogP contribution in [0.15, 0.2) is 22.7 Å². The molecular weight excluding hydrogens is 296 g/mol. The van der Waals surface area contributed by atoms with Crippen molar-refractivity contribution in [3.63, 3.8) is 0 Å². The van der Waals surface area contributed by atoms with Gasteiger partial charge < -0.3 is 15.4 Å². The predicted octanol–water partition coefficient (Wildman–Crippen LogP) is 1.83. The maximum Gasteiger partial charge on any atom is 0.257 e. The second-order valence-electron chi connectivity index (χ2n) is 4.35. The van der Waals surface area contributed by atoms with Crippen LogP contribution in [0.25, 0.3) is 0 Å². The van der Waals surface area contributed by atoms with Crippen molar-refractivity contribution in [2.24, 2.45) is 0 Å². The van der Waals surface area contributed by atoms with E-state index in [9.17, 15) is 4.79 Å². The van der Waals surface area contributed by atoms with Crippen LogP contribution >= 0.6 is 15.9 Å². The minimum Gasteiger partial charge on any atom is -0.482 e. The average Bonchev–Trinajstić information content (AvgIpc) is 3.18. The molecule has 1 aliphatic rings. The molecule has 0 radical (unpaired) electrons. The van der Waals surface area contributed by atoms with E-state index in [1.165, 1.54) is 12.8 Å². The molecule has 0 aliphatic heterocycles. The number of ether oxygens (including phenoxy) is 1. The fourth-order valence-electron chi connectivity index (χ4n) is 1.61. The van der Waals surface area contributed by atoms with E-state index in [0.29, 0.717) is 6.04 Å². The molecule has 2 N–H and O–H groups in total. The Bertz CT molecular complexity index is 433. The molecule has 1 aromatic rings. The van der Waals surface area contributed by atoms with Gasteiger partial charge in [0.25, 0.3) is 5.91 Å². The topological polar surface area (TPSA) is 50.4 Å². The molecule has 0 spiro atoms. The zero-order valence-electron chi connectivity index (χ0n) is 10.3. The monoisotopic (exact) mass is 312 g/mol. The summed E-state index contributed by atoms with van der Waals surface area (Å²) in [5.41, 5.74) is 1.07. The first-order valence-electron chi connectivity index (χ1n) is 6.05. The normalized spacial score (nSPS) is 14.3. The van der Waals surface area contributed by atoms with E-state index in [1.807, 2.05) is 18.2 Å². The Morgan fingerprint density at radius 2 is 2.28 bits per heavy atom. The first-order chi connectivity index (χ1) is 8.70. The van der Waals surface area contributed by atoms with Crippen molar-refractivity contribution in [1.82, 2.24) is 10.6 Å². The van der Waals surface area contributed by atoms with Crippen molar-refractivity contribution < 1.29 is 9.53 Å². The summed E-state index contributed by atoms with van der Waals surface area (Å²) >= 11 is 3.46. The molecule has 1 aliphatic carbocycles. The second-order valence-corrected chi connectivity index (χ2v) is 5.20. The van der Waals surface area contributed by atoms with E-state index in [-0.39, 0.29) is 12.5 Å². The Labute approximate surface area is 115 Å². The van der Waals surface area contributed by atoms with Crippen molar-refractivity contribution >= 4 is 21.8 Å². The zero-order valence-corrected chi connectivity index (χ0v) is 11.9. The van der Waals surface area contributed by atoms with E-state index in [1.54, 1.807) is 7.05 Å². The van der Waals surface area contributed by atoms with Gasteiger partial charge in [-0.05, 0) is 34.8 Å². The third-order valence-corrected chi connectivity index (χ3v) is 3.46. The van der Waals surface area contributed by atoms with Gasteiger partial charge in [0.15, 0.2) is 6.61 Å². The minimum absolute atomic E-state index is 0.0372. The molecule has 0 saturated heterocycles. The largest absolute Gasteiger partial charge is 0.482 e. The summed E-state index contributed by atoms with van der Waals surface area (Å²) in [6.07, 6.45) is 2.50. The number of rotatable bonds is 6. The van der Waals surface area contributed by atoms with Crippen LogP contribution in [-0.4, -0.2) is 25.6 Å². The van der Waals surface area contributed by atoms with Gasteiger partial charge in [0.1, 0.15) is 5.75 Å². The van der Waals surface area contributed by atoms with Gasteiger partial charge in [-0.25, -0.2) is 0 Å². The van der Waals surface area contributed by atoms with Crippen LogP contribution in [-0.2, 0) is 11.3 Å². The molecule has 0 unspecified atom stereocenters. The molecule has 1 amide bonds. The van der Waals surface area contributed by atoms with Gasteiger partial charge in [-0.2, -0.15) is 0 Å². The van der Waals surface area contributed by atoms with Crippen molar-refractivity contribution in [3.05, 3.63) is 28.2 Å². The number of benzene rings is 1. The summed E-state index contributed by atoms with van der Waals surface area (Å²) in [5.74, 6) is 0.612. The van der Waals surface area contributed by atoms with Gasteiger partial charge in [0.05, 0.1) is 4.47 Å². The molecule has 0 atom stereocenters. The number of amides is 1. The number of nitrogens with one attached hydrogen (secondary N) is 2. The highest BCUT2D eigenvalue weighted by Crippen LogP contribution is 2.30. The Morgan fingerprint density at radius 3 is 2.94 bits per heavy atom. The standard InChI is InChI=1S/C13H17BrN2O2/c1-15-12(17)8-18-13-9(3-2-4-11(13)14)7-16-10-5-6-10/h2-4,10,16H,5-8H2,1H3,(H,15,17). The van der Waals surface area contributed by atoms with Crippen LogP contribution < -0.4 is 15.4 Å². The molecular formula is C13H17BrN2O2. The second kappa shape index (κ2) is 6.20. The van der Waals surface area contributed by atoms with Crippen LogP contribution in [0.5, 0.6) is 5.75 Å². The summed E-state index contributed by atoms with van der Waals surface area (Å²) in [5, 5.41) is 5.98. The molecule has 1 aromatic carbocycles. The number of halogens is 1. The first kappa shape index (κ1) is 13.4. The molecule has 2 rings (SSSR count). The van der Waals surface area contributed by atoms with Crippen LogP contribution in [0.2, 0.25) is 0 Å². The maximum absolute atomic E-state index is 11.2. The van der Waals surface area contributed by atoms with Gasteiger partial charge in [-0.15, -0.1) is 0 Å². The molecule has 0 aromatic heterocycles. The maximum atomic E-state index is 11.2. The Morgan fingerprint density at radius 1 is 1.50 bits per heavy atom. The fourth-order valence-corrected chi connectivity index (χ4v) is 2.13. The number of para-hydroxylation sites is 1. The average molecular weight is 313 g/mol. The molecule has 4 nitrogen and oxygen atoms in total. The lowest BCUT2D eigenvalue weighted by molar-refractivity contribution is -0.122. The number of hydrogen-bond donors (Lipinski definition) is 2. The van der Waals surface area contributed by atoms with E-state index >= 15 is 0 Å². The quantitative estimate of drug-likeness (QED) is 0.842. The summed E-state index contributed by atoms with van der Waals surface area (Å²) in [6.45, 7) is 0.808. The number of likely N-dealkylation sites (N-methyl/N-ethyl adjacent to an activating group) is 1. The molecule has 1 fully saturated rings. The highest BCUT2D eigenvalue weighted by Gasteiger charge is 2.21. The Hall–Kier alpha value is -1.07. The SMILES string of the molecule is CNC(=O)COc1c(Br)cccc1CNC1CC1. The van der Waals surface area contributed by atoms with Crippen molar-refractivity contribution in [1.29, 1.82) is 0 Å². The van der Waals surface area contributed by atoms with Crippen LogP contribution in [0.1, 0.15) is 18.4 Å². The van der Waals surface area contributed by atoms with E-state index in [4.69, 9.17) is 4.74 Å². The van der Waals surface area contributed by atoms with Crippen molar-refractivity contribution in [2.45, 2.75) is 25.4 Å². The van der Waals surface area contributed by atoms with Gasteiger partial charge in [-0.1, -0.05) is 12.1 Å². The Balaban J connectivity index is 2.02. The number of carbonyl (C=O) groups excluding carboxylic acids is 1. The fraction of sp³-hybridized carbons (Fsp3) is 0.462. The summed E-state index contributed by atoms with van der Waals surface area (Å²) in [6, 6.07) is 6.55. The Kier molecular flexibility index (Phi) is 4.60. The lowest BCUT2D eigenvalue weighted by Crippen LogP contribution is -2.25. The van der Waals surface area contributed by atoms with Crippen LogP contribution in [0, 0.1) is 0 Å². The van der Waals surface area contributed by atoms with Gasteiger partial charge >= 0.3 is 0 Å². The highest BCUT2D eigenvalue weighted by atomic mass is 79.9. The smallest absolute Gasteiger partial charge is 0.257 e. The predicted molar refractivity (Wildman–Crippen MR) is 73.6 cm³/mol. The minimum atomic E-state index is -0.133. The molecule has 0 bridgehead atoms. The zero-order chi connectivity index (χ0) is 13.0. The van der Waals surface area contributed by atoms with Crippen molar-refractivity contribution in [2.75, 3.05) is 13.7 Å². The van der Waals surface area contributed by atoms with Crippen LogP contribution in [0.3, 0.4) is 0 Å². The number of hydrogen-bond acceptors (Lipinski definition) is 3. The molecule has 0 heterocycles. The molecule has 98 valence electrons. The summed E-state index contributed by atoms with van der Waals surface area (Å²) in [7, 11) is 1.60.